The highest BCUT2D eigenvalue weighted by Crippen LogP contribution is 2.28. The Kier molecular flexibility index (Phi) is 4.89. The molecular formula is C17H21N3O4S. The van der Waals surface area contributed by atoms with Gasteiger partial charge >= 0.3 is 0 Å². The minimum Gasteiger partial charge on any atom is -0.335 e. The summed E-state index contributed by atoms with van der Waals surface area (Å²) in [5.41, 5.74) is 0.291. The lowest BCUT2D eigenvalue weighted by Crippen LogP contribution is -2.62. The molecule has 1 aromatic heterocycles. The van der Waals surface area contributed by atoms with Gasteiger partial charge in [0.25, 0.3) is 5.91 Å². The Morgan fingerprint density at radius 3 is 2.52 bits per heavy atom. The van der Waals surface area contributed by atoms with Gasteiger partial charge in [-0.1, -0.05) is 18.2 Å². The van der Waals surface area contributed by atoms with Crippen LogP contribution in [-0.4, -0.2) is 71.7 Å². The van der Waals surface area contributed by atoms with Crippen LogP contribution < -0.4 is 0 Å². The third-order valence-corrected chi connectivity index (χ3v) is 6.37. The summed E-state index contributed by atoms with van der Waals surface area (Å²) in [6.07, 6.45) is 5.33. The van der Waals surface area contributed by atoms with Gasteiger partial charge in [0.1, 0.15) is 5.69 Å². The molecule has 2 aliphatic heterocycles. The number of piperazine rings is 1. The average molecular weight is 363 g/mol. The number of sulfone groups is 1. The van der Waals surface area contributed by atoms with Crippen molar-refractivity contribution in [1.82, 2.24) is 14.8 Å². The Labute approximate surface area is 147 Å². The second-order valence-corrected chi connectivity index (χ2v) is 8.44. The SMILES string of the molecule is C/C=C/CC(=O)N1CCN(C(=O)c2ccccn2)[C@@H]2CS(=O)(=O)C[C@@H]21. The van der Waals surface area contributed by atoms with E-state index in [0.717, 1.165) is 0 Å². The number of nitrogens with zero attached hydrogens (tertiary/aromatic N) is 3. The molecule has 0 bridgehead atoms. The molecule has 0 saturated carbocycles. The highest BCUT2D eigenvalue weighted by atomic mass is 32.2. The predicted octanol–water partition coefficient (Wildman–Crippen LogP) is 0.498. The van der Waals surface area contributed by atoms with Gasteiger partial charge in [0.15, 0.2) is 9.84 Å². The summed E-state index contributed by atoms with van der Waals surface area (Å²) >= 11 is 0. The Hall–Kier alpha value is -2.22. The molecule has 0 N–H and O–H groups in total. The van der Waals surface area contributed by atoms with Crippen LogP contribution in [0.5, 0.6) is 0 Å². The van der Waals surface area contributed by atoms with Gasteiger partial charge in [-0.2, -0.15) is 0 Å². The molecule has 0 aromatic carbocycles. The molecule has 2 fully saturated rings. The average Bonchev–Trinajstić information content (AvgIpc) is 2.93. The number of fused-ring (bicyclic) bond motifs is 1. The summed E-state index contributed by atoms with van der Waals surface area (Å²) < 4.78 is 24.4. The van der Waals surface area contributed by atoms with E-state index in [0.29, 0.717) is 18.8 Å². The van der Waals surface area contributed by atoms with Crippen LogP contribution >= 0.6 is 0 Å². The third-order valence-electron chi connectivity index (χ3n) is 4.67. The summed E-state index contributed by atoms with van der Waals surface area (Å²) in [6, 6.07) is 4.06. The van der Waals surface area contributed by atoms with Gasteiger partial charge in [-0.25, -0.2) is 8.42 Å². The van der Waals surface area contributed by atoms with Crippen molar-refractivity contribution in [3.8, 4) is 0 Å². The molecule has 3 rings (SSSR count). The number of hydrogen-bond acceptors (Lipinski definition) is 5. The van der Waals surface area contributed by atoms with Crippen LogP contribution in [0.1, 0.15) is 23.8 Å². The third kappa shape index (κ3) is 3.58. The number of carbonyl (C=O) groups excluding carboxylic acids is 2. The fraction of sp³-hybridized carbons (Fsp3) is 0.471. The molecule has 8 heteroatoms. The summed E-state index contributed by atoms with van der Waals surface area (Å²) in [5.74, 6) is -0.585. The number of amides is 2. The number of pyridine rings is 1. The van der Waals surface area contributed by atoms with E-state index in [2.05, 4.69) is 4.98 Å². The molecule has 2 atom stereocenters. The first-order valence-electron chi connectivity index (χ1n) is 8.26. The topological polar surface area (TPSA) is 87.7 Å². The number of allylic oxidation sites excluding steroid dienone is 1. The Morgan fingerprint density at radius 1 is 1.20 bits per heavy atom. The highest BCUT2D eigenvalue weighted by molar-refractivity contribution is 7.91. The molecule has 134 valence electrons. The summed E-state index contributed by atoms with van der Waals surface area (Å²) in [6.45, 7) is 2.49. The van der Waals surface area contributed by atoms with Crippen molar-refractivity contribution in [2.75, 3.05) is 24.6 Å². The van der Waals surface area contributed by atoms with Gasteiger partial charge in [-0.3, -0.25) is 14.6 Å². The zero-order valence-corrected chi connectivity index (χ0v) is 14.9. The van der Waals surface area contributed by atoms with Gasteiger partial charge in [-0.15, -0.1) is 0 Å². The Bertz CT molecular complexity index is 791. The molecule has 0 radical (unpaired) electrons. The fourth-order valence-corrected chi connectivity index (χ4v) is 5.47. The fourth-order valence-electron chi connectivity index (χ4n) is 3.49. The lowest BCUT2D eigenvalue weighted by molar-refractivity contribution is -0.135. The lowest BCUT2D eigenvalue weighted by Gasteiger charge is -2.43. The van der Waals surface area contributed by atoms with Crippen LogP contribution in [0.2, 0.25) is 0 Å². The van der Waals surface area contributed by atoms with Crippen LogP contribution in [0.15, 0.2) is 36.5 Å². The van der Waals surface area contributed by atoms with Gasteiger partial charge in [0, 0.05) is 25.7 Å². The second-order valence-electron chi connectivity index (χ2n) is 6.29. The number of rotatable bonds is 3. The standard InChI is InChI=1S/C17H21N3O4S/c1-2-3-7-16(21)19-9-10-20(15-12-25(23,24)11-14(15)19)17(22)13-6-4-5-8-18-13/h2-6,8,14-15H,7,9-12H2,1H3/b3-2+/t14-,15+/m0/s1. The lowest BCUT2D eigenvalue weighted by atomic mass is 10.0. The van der Waals surface area contributed by atoms with Crippen molar-refractivity contribution in [2.24, 2.45) is 0 Å². The molecule has 7 nitrogen and oxygen atoms in total. The van der Waals surface area contributed by atoms with Gasteiger partial charge in [-0.05, 0) is 19.1 Å². The minimum atomic E-state index is -3.29. The zero-order valence-electron chi connectivity index (χ0n) is 14.0. The van der Waals surface area contributed by atoms with Crippen molar-refractivity contribution in [2.45, 2.75) is 25.4 Å². The van der Waals surface area contributed by atoms with Crippen molar-refractivity contribution in [1.29, 1.82) is 0 Å². The molecule has 0 spiro atoms. The maximum absolute atomic E-state index is 12.8. The van der Waals surface area contributed by atoms with E-state index < -0.39 is 21.9 Å². The zero-order chi connectivity index (χ0) is 18.0. The first-order chi connectivity index (χ1) is 11.9. The van der Waals surface area contributed by atoms with E-state index in [1.807, 2.05) is 6.92 Å². The number of aromatic nitrogens is 1. The monoisotopic (exact) mass is 363 g/mol. The normalized spacial score (nSPS) is 25.2. The molecule has 3 heterocycles. The maximum Gasteiger partial charge on any atom is 0.272 e. The van der Waals surface area contributed by atoms with Crippen LogP contribution in [0.3, 0.4) is 0 Å². The predicted molar refractivity (Wildman–Crippen MR) is 92.6 cm³/mol. The van der Waals surface area contributed by atoms with Gasteiger partial charge in [0.05, 0.1) is 23.6 Å². The van der Waals surface area contributed by atoms with E-state index >= 15 is 0 Å². The molecule has 2 saturated heterocycles. The van der Waals surface area contributed by atoms with E-state index in [9.17, 15) is 18.0 Å². The molecule has 0 aliphatic carbocycles. The van der Waals surface area contributed by atoms with Crippen LogP contribution in [0.4, 0.5) is 0 Å². The molecule has 2 amide bonds. The quantitative estimate of drug-likeness (QED) is 0.730. The van der Waals surface area contributed by atoms with Gasteiger partial charge in [0.2, 0.25) is 5.91 Å². The highest BCUT2D eigenvalue weighted by Gasteiger charge is 2.49. The first kappa shape index (κ1) is 17.6. The van der Waals surface area contributed by atoms with Crippen LogP contribution in [0, 0.1) is 0 Å². The van der Waals surface area contributed by atoms with Crippen molar-refractivity contribution >= 4 is 21.7 Å². The molecule has 2 aliphatic rings. The van der Waals surface area contributed by atoms with Crippen LogP contribution in [-0.2, 0) is 14.6 Å². The van der Waals surface area contributed by atoms with Crippen molar-refractivity contribution < 1.29 is 18.0 Å². The van der Waals surface area contributed by atoms with E-state index in [1.165, 1.54) is 6.20 Å². The molecule has 1 aromatic rings. The first-order valence-corrected chi connectivity index (χ1v) is 10.1. The number of hydrogen-bond donors (Lipinski definition) is 0. The largest absolute Gasteiger partial charge is 0.335 e. The second kappa shape index (κ2) is 6.95. The summed E-state index contributed by atoms with van der Waals surface area (Å²) in [5, 5.41) is 0. The molecule has 25 heavy (non-hydrogen) atoms. The summed E-state index contributed by atoms with van der Waals surface area (Å²) in [7, 11) is -3.29. The molecular weight excluding hydrogens is 342 g/mol. The van der Waals surface area contributed by atoms with Gasteiger partial charge < -0.3 is 9.80 Å². The Balaban J connectivity index is 1.86. The van der Waals surface area contributed by atoms with Crippen molar-refractivity contribution in [3.63, 3.8) is 0 Å². The van der Waals surface area contributed by atoms with Crippen molar-refractivity contribution in [3.05, 3.63) is 42.2 Å². The van der Waals surface area contributed by atoms with E-state index in [4.69, 9.17) is 0 Å². The smallest absolute Gasteiger partial charge is 0.272 e. The Morgan fingerprint density at radius 2 is 1.88 bits per heavy atom. The minimum absolute atomic E-state index is 0.0920. The maximum atomic E-state index is 12.8. The summed E-state index contributed by atoms with van der Waals surface area (Å²) in [4.78, 5) is 32.4. The molecule has 0 unspecified atom stereocenters. The number of carbonyl (C=O) groups is 2. The van der Waals surface area contributed by atoms with E-state index in [-0.39, 0.29) is 29.7 Å². The van der Waals surface area contributed by atoms with E-state index in [1.54, 1.807) is 40.2 Å². The van der Waals surface area contributed by atoms with Crippen LogP contribution in [0.25, 0.3) is 0 Å².